The van der Waals surface area contributed by atoms with Crippen LogP contribution in [0.4, 0.5) is 4.79 Å². The van der Waals surface area contributed by atoms with Gasteiger partial charge >= 0.3 is 6.16 Å². The van der Waals surface area contributed by atoms with Crippen molar-refractivity contribution in [2.45, 2.75) is 48.4 Å². The summed E-state index contributed by atoms with van der Waals surface area (Å²) in [5.41, 5.74) is 0.520. The molecule has 0 aromatic rings. The highest BCUT2D eigenvalue weighted by molar-refractivity contribution is 9.12. The van der Waals surface area contributed by atoms with Crippen LogP contribution in [0.1, 0.15) is 33.6 Å². The summed E-state index contributed by atoms with van der Waals surface area (Å²) in [5.74, 6) is 0.715. The third kappa shape index (κ3) is 1.92. The van der Waals surface area contributed by atoms with Crippen molar-refractivity contribution in [3.8, 4) is 0 Å². The SMILES string of the molecule is CC1(C)OC(=O)OC2=C1CCC(C)(Br)C2Br. The largest absolute Gasteiger partial charge is 0.514 e. The van der Waals surface area contributed by atoms with Gasteiger partial charge in [0.1, 0.15) is 11.4 Å². The zero-order valence-electron chi connectivity index (χ0n) is 9.47. The van der Waals surface area contributed by atoms with E-state index in [4.69, 9.17) is 9.47 Å². The Hall–Kier alpha value is -0.0300. The van der Waals surface area contributed by atoms with Gasteiger partial charge in [-0.25, -0.2) is 4.79 Å². The molecule has 5 heteroatoms. The lowest BCUT2D eigenvalue weighted by Gasteiger charge is -2.42. The first-order valence-corrected chi connectivity index (χ1v) is 6.92. The van der Waals surface area contributed by atoms with E-state index in [1.165, 1.54) is 0 Å². The van der Waals surface area contributed by atoms with Gasteiger partial charge in [-0.15, -0.1) is 0 Å². The van der Waals surface area contributed by atoms with E-state index in [9.17, 15) is 4.79 Å². The first-order chi connectivity index (χ1) is 7.24. The maximum atomic E-state index is 11.4. The van der Waals surface area contributed by atoms with Gasteiger partial charge in [0.15, 0.2) is 0 Å². The minimum Gasteiger partial charge on any atom is -0.423 e. The highest BCUT2D eigenvalue weighted by Gasteiger charge is 2.47. The number of carbonyl (C=O) groups is 1. The molecule has 3 nitrogen and oxygen atoms in total. The van der Waals surface area contributed by atoms with Crippen LogP contribution in [0.2, 0.25) is 0 Å². The number of alkyl halides is 2. The molecule has 2 rings (SSSR count). The second-order valence-corrected chi connectivity index (χ2v) is 7.68. The summed E-state index contributed by atoms with van der Waals surface area (Å²) in [5, 5.41) is 0. The molecule has 0 amide bonds. The Kier molecular flexibility index (Phi) is 2.90. The number of allylic oxidation sites excluding steroid dienone is 1. The van der Waals surface area contributed by atoms with E-state index in [0.29, 0.717) is 5.76 Å². The molecule has 16 heavy (non-hydrogen) atoms. The van der Waals surface area contributed by atoms with Gasteiger partial charge in [0.2, 0.25) is 0 Å². The maximum Gasteiger partial charge on any atom is 0.514 e. The van der Waals surface area contributed by atoms with Crippen molar-refractivity contribution < 1.29 is 14.3 Å². The molecule has 0 saturated heterocycles. The van der Waals surface area contributed by atoms with Gasteiger partial charge in [0.05, 0.1) is 4.83 Å². The first kappa shape index (κ1) is 12.4. The monoisotopic (exact) mass is 352 g/mol. The summed E-state index contributed by atoms with van der Waals surface area (Å²) in [6, 6.07) is 0. The van der Waals surface area contributed by atoms with Crippen LogP contribution in [0.3, 0.4) is 0 Å². The molecule has 1 heterocycles. The van der Waals surface area contributed by atoms with Crippen LogP contribution in [-0.2, 0) is 9.47 Å². The van der Waals surface area contributed by atoms with Gasteiger partial charge in [-0.2, -0.15) is 0 Å². The molecule has 0 spiro atoms. The average Bonchev–Trinajstić information content (AvgIpc) is 2.10. The molecule has 0 aromatic carbocycles. The van der Waals surface area contributed by atoms with Crippen LogP contribution in [0.25, 0.3) is 0 Å². The normalized spacial score (nSPS) is 37.6. The van der Waals surface area contributed by atoms with Gasteiger partial charge in [0, 0.05) is 9.90 Å². The fourth-order valence-corrected chi connectivity index (χ4v) is 3.14. The highest BCUT2D eigenvalue weighted by Crippen LogP contribution is 2.48. The molecular weight excluding hydrogens is 340 g/mol. The van der Waals surface area contributed by atoms with Crippen molar-refractivity contribution in [3.05, 3.63) is 11.3 Å². The zero-order valence-corrected chi connectivity index (χ0v) is 12.6. The predicted octanol–water partition coefficient (Wildman–Crippen LogP) is 3.90. The smallest absolute Gasteiger partial charge is 0.423 e. The van der Waals surface area contributed by atoms with Crippen molar-refractivity contribution in [3.63, 3.8) is 0 Å². The van der Waals surface area contributed by atoms with Gasteiger partial charge in [0.25, 0.3) is 0 Å². The maximum absolute atomic E-state index is 11.4. The quantitative estimate of drug-likeness (QED) is 0.489. The number of hydrogen-bond donors (Lipinski definition) is 0. The lowest BCUT2D eigenvalue weighted by molar-refractivity contribution is -0.0134. The molecule has 0 N–H and O–H groups in total. The van der Waals surface area contributed by atoms with Crippen LogP contribution in [0.5, 0.6) is 0 Å². The lowest BCUT2D eigenvalue weighted by atomic mass is 9.81. The summed E-state index contributed by atoms with van der Waals surface area (Å²) in [6.07, 6.45) is 1.24. The summed E-state index contributed by atoms with van der Waals surface area (Å²) < 4.78 is 10.3. The number of ether oxygens (including phenoxy) is 2. The summed E-state index contributed by atoms with van der Waals surface area (Å²) >= 11 is 7.26. The van der Waals surface area contributed by atoms with Gasteiger partial charge in [-0.1, -0.05) is 31.9 Å². The Morgan fingerprint density at radius 3 is 2.62 bits per heavy atom. The van der Waals surface area contributed by atoms with E-state index in [2.05, 4.69) is 38.8 Å². The molecule has 2 atom stereocenters. The fourth-order valence-electron chi connectivity index (χ4n) is 2.14. The van der Waals surface area contributed by atoms with Gasteiger partial charge in [-0.3, -0.25) is 0 Å². The molecule has 1 aliphatic heterocycles. The molecule has 0 radical (unpaired) electrons. The van der Waals surface area contributed by atoms with E-state index in [-0.39, 0.29) is 9.15 Å². The number of rotatable bonds is 0. The third-order valence-electron chi connectivity index (χ3n) is 3.18. The average molecular weight is 354 g/mol. The molecule has 0 bridgehead atoms. The van der Waals surface area contributed by atoms with E-state index >= 15 is 0 Å². The zero-order chi connectivity index (χ0) is 12.1. The van der Waals surface area contributed by atoms with Crippen LogP contribution < -0.4 is 0 Å². The lowest BCUT2D eigenvalue weighted by Crippen LogP contribution is -2.45. The Balaban J connectivity index is 2.46. The van der Waals surface area contributed by atoms with E-state index in [0.717, 1.165) is 18.4 Å². The Labute approximate surface area is 112 Å². The Bertz CT molecular complexity index is 371. The highest BCUT2D eigenvalue weighted by atomic mass is 79.9. The van der Waals surface area contributed by atoms with Crippen LogP contribution in [-0.4, -0.2) is 20.9 Å². The third-order valence-corrected chi connectivity index (χ3v) is 6.07. The predicted molar refractivity (Wildman–Crippen MR) is 68.0 cm³/mol. The Morgan fingerprint density at radius 1 is 1.38 bits per heavy atom. The first-order valence-electron chi connectivity index (χ1n) is 5.21. The number of hydrogen-bond acceptors (Lipinski definition) is 3. The molecule has 0 saturated carbocycles. The van der Waals surface area contributed by atoms with E-state index < -0.39 is 11.8 Å². The van der Waals surface area contributed by atoms with Crippen molar-refractivity contribution >= 4 is 38.0 Å². The molecule has 2 aliphatic rings. The van der Waals surface area contributed by atoms with Crippen molar-refractivity contribution in [2.75, 3.05) is 0 Å². The van der Waals surface area contributed by atoms with Crippen molar-refractivity contribution in [1.82, 2.24) is 0 Å². The molecule has 1 aliphatic carbocycles. The number of carbonyl (C=O) groups excluding carboxylic acids is 1. The molecule has 90 valence electrons. The van der Waals surface area contributed by atoms with E-state index in [1.807, 2.05) is 13.8 Å². The minimum absolute atomic E-state index is 0.00382. The molecule has 0 fully saturated rings. The standard InChI is InChI=1S/C11H14Br2O3/c1-10(2)6-4-5-11(3,13)8(12)7(6)15-9(14)16-10/h8H,4-5H2,1-3H3. The number of halogens is 2. The van der Waals surface area contributed by atoms with E-state index in [1.54, 1.807) is 0 Å². The van der Waals surface area contributed by atoms with Crippen LogP contribution >= 0.6 is 31.9 Å². The van der Waals surface area contributed by atoms with Gasteiger partial charge < -0.3 is 9.47 Å². The second-order valence-electron chi connectivity index (χ2n) is 4.95. The topological polar surface area (TPSA) is 35.5 Å². The van der Waals surface area contributed by atoms with Gasteiger partial charge in [-0.05, 0) is 33.6 Å². The summed E-state index contributed by atoms with van der Waals surface area (Å²) in [4.78, 5) is 11.4. The Morgan fingerprint density at radius 2 is 2.00 bits per heavy atom. The second kappa shape index (κ2) is 3.73. The minimum atomic E-state index is -0.613. The number of cyclic esters (lactones) is 1. The molecule has 2 unspecified atom stereocenters. The van der Waals surface area contributed by atoms with Crippen molar-refractivity contribution in [2.24, 2.45) is 0 Å². The molecule has 0 aromatic heterocycles. The summed E-state index contributed by atoms with van der Waals surface area (Å²) in [7, 11) is 0. The molecular formula is C11H14Br2O3. The summed E-state index contributed by atoms with van der Waals surface area (Å²) in [6.45, 7) is 5.89. The fraction of sp³-hybridized carbons (Fsp3) is 0.727. The van der Waals surface area contributed by atoms with Crippen LogP contribution in [0, 0.1) is 0 Å². The van der Waals surface area contributed by atoms with Crippen molar-refractivity contribution in [1.29, 1.82) is 0 Å². The van der Waals surface area contributed by atoms with Crippen LogP contribution in [0.15, 0.2) is 11.3 Å².